The Bertz CT molecular complexity index is 211. The lowest BCUT2D eigenvalue weighted by atomic mass is 9.95. The molecule has 0 aliphatic carbocycles. The van der Waals surface area contributed by atoms with E-state index >= 15 is 0 Å². The van der Waals surface area contributed by atoms with Crippen LogP contribution >= 0.6 is 11.8 Å². The predicted octanol–water partition coefficient (Wildman–Crippen LogP) is 2.04. The van der Waals surface area contributed by atoms with E-state index in [4.69, 9.17) is 4.74 Å². The van der Waals surface area contributed by atoms with Gasteiger partial charge >= 0.3 is 0 Å². The van der Waals surface area contributed by atoms with E-state index in [1.165, 1.54) is 18.6 Å². The molecule has 2 nitrogen and oxygen atoms in total. The zero-order valence-corrected chi connectivity index (χ0v) is 10.2. The van der Waals surface area contributed by atoms with E-state index < -0.39 is 0 Å². The minimum atomic E-state index is 0.00900. The summed E-state index contributed by atoms with van der Waals surface area (Å²) in [6, 6.07) is 0. The van der Waals surface area contributed by atoms with Gasteiger partial charge in [0.05, 0.1) is 11.7 Å². The first-order valence-corrected chi connectivity index (χ1v) is 6.53. The van der Waals surface area contributed by atoms with E-state index in [1.807, 2.05) is 0 Å². The third-order valence-corrected chi connectivity index (χ3v) is 4.89. The molecule has 0 aromatic heterocycles. The monoisotopic (exact) mass is 215 g/mol. The summed E-state index contributed by atoms with van der Waals surface area (Å²) in [5.41, 5.74) is 0.00900. The molecule has 0 spiro atoms. The van der Waals surface area contributed by atoms with Gasteiger partial charge in [-0.25, -0.2) is 0 Å². The lowest BCUT2D eigenvalue weighted by Gasteiger charge is -2.43. The van der Waals surface area contributed by atoms with Gasteiger partial charge in [-0.05, 0) is 39.4 Å². The van der Waals surface area contributed by atoms with Gasteiger partial charge in [-0.2, -0.15) is 11.8 Å². The Kier molecular flexibility index (Phi) is 2.84. The average Bonchev–Trinajstić information content (AvgIpc) is 2.52. The number of thioether (sulfide) groups is 1. The van der Waals surface area contributed by atoms with Gasteiger partial charge in [-0.15, -0.1) is 0 Å². The lowest BCUT2D eigenvalue weighted by molar-refractivity contribution is -0.106. The van der Waals surface area contributed by atoms with Crippen molar-refractivity contribution in [1.82, 2.24) is 5.32 Å². The smallest absolute Gasteiger partial charge is 0.0851 e. The molecule has 0 radical (unpaired) electrons. The highest BCUT2D eigenvalue weighted by molar-refractivity contribution is 8.00. The summed E-state index contributed by atoms with van der Waals surface area (Å²) in [5.74, 6) is 1.30. The number of morpholine rings is 1. The van der Waals surface area contributed by atoms with Gasteiger partial charge in [0.1, 0.15) is 0 Å². The van der Waals surface area contributed by atoms with Crippen molar-refractivity contribution in [3.63, 3.8) is 0 Å². The zero-order chi connectivity index (χ0) is 10.2. The van der Waals surface area contributed by atoms with Gasteiger partial charge in [0.15, 0.2) is 0 Å². The minimum absolute atomic E-state index is 0.00900. The molecule has 2 unspecified atom stereocenters. The summed E-state index contributed by atoms with van der Waals surface area (Å²) < 4.78 is 6.53. The molecule has 2 saturated heterocycles. The third kappa shape index (κ3) is 2.10. The Morgan fingerprint density at radius 3 is 2.71 bits per heavy atom. The molecule has 0 amide bonds. The van der Waals surface area contributed by atoms with Gasteiger partial charge < -0.3 is 10.1 Å². The molecule has 14 heavy (non-hydrogen) atoms. The van der Waals surface area contributed by atoms with Crippen LogP contribution in [0.25, 0.3) is 0 Å². The fourth-order valence-corrected chi connectivity index (χ4v) is 3.73. The minimum Gasteiger partial charge on any atom is -0.368 e. The maximum atomic E-state index is 6.18. The molecule has 0 aromatic carbocycles. The molecule has 2 rings (SSSR count). The Morgan fingerprint density at radius 1 is 1.36 bits per heavy atom. The van der Waals surface area contributed by atoms with Crippen molar-refractivity contribution in [2.75, 3.05) is 18.8 Å². The third-order valence-electron chi connectivity index (χ3n) is 3.27. The summed E-state index contributed by atoms with van der Waals surface area (Å²) in [4.78, 5) is 0. The maximum absolute atomic E-state index is 6.18. The molecular weight excluding hydrogens is 194 g/mol. The first kappa shape index (κ1) is 10.8. The van der Waals surface area contributed by atoms with Gasteiger partial charge in [-0.1, -0.05) is 0 Å². The van der Waals surface area contributed by atoms with E-state index in [-0.39, 0.29) is 5.60 Å². The highest BCUT2D eigenvalue weighted by Crippen LogP contribution is 2.43. The van der Waals surface area contributed by atoms with Crippen LogP contribution in [-0.2, 0) is 4.74 Å². The molecule has 0 bridgehead atoms. The number of hydrogen-bond acceptors (Lipinski definition) is 3. The van der Waals surface area contributed by atoms with Crippen LogP contribution in [0.4, 0.5) is 0 Å². The summed E-state index contributed by atoms with van der Waals surface area (Å²) in [5, 5.41) is 3.49. The molecular formula is C11H21NOS. The van der Waals surface area contributed by atoms with Gasteiger partial charge in [0.2, 0.25) is 0 Å². The topological polar surface area (TPSA) is 21.3 Å². The lowest BCUT2D eigenvalue weighted by Crippen LogP contribution is -2.56. The zero-order valence-electron chi connectivity index (χ0n) is 9.43. The van der Waals surface area contributed by atoms with Crippen molar-refractivity contribution < 1.29 is 4.74 Å². The summed E-state index contributed by atoms with van der Waals surface area (Å²) in [6.45, 7) is 8.71. The maximum Gasteiger partial charge on any atom is 0.0851 e. The van der Waals surface area contributed by atoms with Crippen molar-refractivity contribution in [1.29, 1.82) is 0 Å². The number of rotatable bonds is 1. The molecule has 2 atom stereocenters. The number of nitrogens with one attached hydrogen (secondary N) is 1. The molecule has 2 fully saturated rings. The van der Waals surface area contributed by atoms with Crippen LogP contribution in [0, 0.1) is 0 Å². The van der Waals surface area contributed by atoms with Crippen molar-refractivity contribution >= 4 is 11.8 Å². The second-order valence-electron chi connectivity index (χ2n) is 5.26. The highest BCUT2D eigenvalue weighted by atomic mass is 32.2. The summed E-state index contributed by atoms with van der Waals surface area (Å²) >= 11 is 2.09. The van der Waals surface area contributed by atoms with E-state index in [1.54, 1.807) is 0 Å². The molecule has 2 aliphatic rings. The standard InChI is InChI=1S/C11H21NOS/c1-10(2)8-12-7-9(13-10)11(3)5-4-6-14-11/h9,12H,4-8H2,1-3H3. The van der Waals surface area contributed by atoms with E-state index in [9.17, 15) is 0 Å². The van der Waals surface area contributed by atoms with E-state index in [2.05, 4.69) is 37.8 Å². The highest BCUT2D eigenvalue weighted by Gasteiger charge is 2.43. The van der Waals surface area contributed by atoms with Crippen LogP contribution < -0.4 is 5.32 Å². The van der Waals surface area contributed by atoms with Crippen LogP contribution in [0.3, 0.4) is 0 Å². The van der Waals surface area contributed by atoms with Gasteiger partial charge in [0.25, 0.3) is 0 Å². The van der Waals surface area contributed by atoms with Crippen molar-refractivity contribution in [2.24, 2.45) is 0 Å². The van der Waals surface area contributed by atoms with Crippen molar-refractivity contribution in [3.8, 4) is 0 Å². The summed E-state index contributed by atoms with van der Waals surface area (Å²) in [6.07, 6.45) is 3.04. The predicted molar refractivity (Wildman–Crippen MR) is 61.9 cm³/mol. The Hall–Kier alpha value is 0.270. The van der Waals surface area contributed by atoms with E-state index in [0.717, 1.165) is 13.1 Å². The fourth-order valence-electron chi connectivity index (χ4n) is 2.37. The molecule has 0 aromatic rings. The van der Waals surface area contributed by atoms with Crippen molar-refractivity contribution in [2.45, 2.75) is 50.1 Å². The Labute approximate surface area is 91.2 Å². The first-order valence-electron chi connectivity index (χ1n) is 5.54. The largest absolute Gasteiger partial charge is 0.368 e. The van der Waals surface area contributed by atoms with E-state index in [0.29, 0.717) is 10.9 Å². The first-order chi connectivity index (χ1) is 6.52. The normalized spacial score (nSPS) is 42.6. The second-order valence-corrected chi connectivity index (χ2v) is 6.89. The fraction of sp³-hybridized carbons (Fsp3) is 1.00. The number of ether oxygens (including phenoxy) is 1. The molecule has 0 saturated carbocycles. The molecule has 82 valence electrons. The summed E-state index contributed by atoms with van der Waals surface area (Å²) in [7, 11) is 0. The SMILES string of the molecule is CC1(C)CNCC(C2(C)CCCS2)O1. The van der Waals surface area contributed by atoms with Gasteiger partial charge in [0, 0.05) is 17.8 Å². The van der Waals surface area contributed by atoms with Crippen LogP contribution in [0.2, 0.25) is 0 Å². The van der Waals surface area contributed by atoms with Gasteiger partial charge in [-0.3, -0.25) is 0 Å². The molecule has 1 N–H and O–H groups in total. The van der Waals surface area contributed by atoms with Crippen LogP contribution in [-0.4, -0.2) is 35.3 Å². The van der Waals surface area contributed by atoms with Crippen LogP contribution in [0.5, 0.6) is 0 Å². The second kappa shape index (κ2) is 3.69. The average molecular weight is 215 g/mol. The quantitative estimate of drug-likeness (QED) is 0.723. The Balaban J connectivity index is 2.03. The van der Waals surface area contributed by atoms with Crippen LogP contribution in [0.15, 0.2) is 0 Å². The molecule has 2 aliphatic heterocycles. The Morgan fingerprint density at radius 2 is 2.14 bits per heavy atom. The van der Waals surface area contributed by atoms with Crippen LogP contribution in [0.1, 0.15) is 33.6 Å². The van der Waals surface area contributed by atoms with Crippen molar-refractivity contribution in [3.05, 3.63) is 0 Å². The number of hydrogen-bond donors (Lipinski definition) is 1. The molecule has 3 heteroatoms. The molecule has 2 heterocycles.